The van der Waals surface area contributed by atoms with Crippen molar-refractivity contribution in [2.75, 3.05) is 7.11 Å². The third-order valence-corrected chi connectivity index (χ3v) is 3.88. The maximum atomic E-state index is 12.1. The molecule has 0 spiro atoms. The standard InChI is InChI=1S/C18H23NO3/c1-22-18(21)11-5-3-2-4-8-15(20)12-14-13-19-17-10-7-6-9-16(14)17/h6-7,9-10,13,19H,2-5,8,11-12H2,1H3. The molecular weight excluding hydrogens is 278 g/mol. The molecule has 1 aromatic carbocycles. The van der Waals surface area contributed by atoms with Gasteiger partial charge in [-0.25, -0.2) is 0 Å². The van der Waals surface area contributed by atoms with Crippen LogP contribution in [0.4, 0.5) is 0 Å². The number of ketones is 1. The minimum Gasteiger partial charge on any atom is -0.469 e. The molecule has 4 nitrogen and oxygen atoms in total. The first-order valence-electron chi connectivity index (χ1n) is 7.84. The molecule has 0 amide bonds. The Hall–Kier alpha value is -2.10. The number of carbonyl (C=O) groups is 2. The number of nitrogens with one attached hydrogen (secondary N) is 1. The molecule has 0 bridgehead atoms. The number of para-hydroxylation sites is 1. The van der Waals surface area contributed by atoms with E-state index in [9.17, 15) is 9.59 Å². The third-order valence-electron chi connectivity index (χ3n) is 3.88. The Balaban J connectivity index is 1.67. The zero-order chi connectivity index (χ0) is 15.8. The first kappa shape index (κ1) is 16.3. The monoisotopic (exact) mass is 301 g/mol. The largest absolute Gasteiger partial charge is 0.469 e. The van der Waals surface area contributed by atoms with Crippen LogP contribution in [0.1, 0.15) is 44.1 Å². The van der Waals surface area contributed by atoms with Gasteiger partial charge in [0, 0.05) is 36.4 Å². The summed E-state index contributed by atoms with van der Waals surface area (Å²) in [5, 5.41) is 1.13. The van der Waals surface area contributed by atoms with E-state index in [1.165, 1.54) is 7.11 Å². The average Bonchev–Trinajstić information content (AvgIpc) is 2.93. The second kappa shape index (κ2) is 8.37. The highest BCUT2D eigenvalue weighted by atomic mass is 16.5. The van der Waals surface area contributed by atoms with Crippen LogP contribution < -0.4 is 0 Å². The lowest BCUT2D eigenvalue weighted by Crippen LogP contribution is -2.02. The Morgan fingerprint density at radius 2 is 1.77 bits per heavy atom. The highest BCUT2D eigenvalue weighted by Gasteiger charge is 2.08. The smallest absolute Gasteiger partial charge is 0.305 e. The molecule has 0 aliphatic heterocycles. The number of aromatic amines is 1. The topological polar surface area (TPSA) is 59.2 Å². The van der Waals surface area contributed by atoms with Crippen LogP contribution in [0.3, 0.4) is 0 Å². The molecule has 118 valence electrons. The molecule has 1 heterocycles. The number of aromatic nitrogens is 1. The van der Waals surface area contributed by atoms with Crippen LogP contribution in [0.2, 0.25) is 0 Å². The molecule has 0 aliphatic carbocycles. The van der Waals surface area contributed by atoms with Gasteiger partial charge in [-0.15, -0.1) is 0 Å². The summed E-state index contributed by atoms with van der Waals surface area (Å²) in [6.07, 6.45) is 7.18. The Labute approximate surface area is 130 Å². The predicted octanol–water partition coefficient (Wildman–Crippen LogP) is 3.79. The van der Waals surface area contributed by atoms with Gasteiger partial charge in [0.2, 0.25) is 0 Å². The maximum absolute atomic E-state index is 12.1. The van der Waals surface area contributed by atoms with Crippen LogP contribution in [-0.2, 0) is 20.7 Å². The van der Waals surface area contributed by atoms with Crippen LogP contribution in [0.15, 0.2) is 30.5 Å². The van der Waals surface area contributed by atoms with Crippen LogP contribution in [-0.4, -0.2) is 23.8 Å². The van der Waals surface area contributed by atoms with Crippen molar-refractivity contribution in [1.29, 1.82) is 0 Å². The molecule has 2 aromatic rings. The summed E-state index contributed by atoms with van der Waals surface area (Å²) in [5.41, 5.74) is 2.15. The number of methoxy groups -OCH3 is 1. The van der Waals surface area contributed by atoms with Crippen molar-refractivity contribution in [2.45, 2.75) is 44.9 Å². The van der Waals surface area contributed by atoms with E-state index in [0.717, 1.165) is 42.1 Å². The molecule has 0 radical (unpaired) electrons. The minimum atomic E-state index is -0.157. The summed E-state index contributed by atoms with van der Waals surface area (Å²) >= 11 is 0. The molecule has 22 heavy (non-hydrogen) atoms. The Bertz CT molecular complexity index is 630. The summed E-state index contributed by atoms with van der Waals surface area (Å²) in [7, 11) is 1.41. The fourth-order valence-corrected chi connectivity index (χ4v) is 2.63. The van der Waals surface area contributed by atoms with Crippen molar-refractivity contribution in [3.05, 3.63) is 36.0 Å². The summed E-state index contributed by atoms with van der Waals surface area (Å²) in [4.78, 5) is 26.2. The van der Waals surface area contributed by atoms with Gasteiger partial charge in [0.1, 0.15) is 5.78 Å². The third kappa shape index (κ3) is 4.72. The normalized spacial score (nSPS) is 10.8. The molecule has 0 unspecified atom stereocenters. The number of benzene rings is 1. The zero-order valence-corrected chi connectivity index (χ0v) is 13.1. The number of unbranched alkanes of at least 4 members (excludes halogenated alkanes) is 3. The van der Waals surface area contributed by atoms with Gasteiger partial charge in [-0.05, 0) is 24.5 Å². The van der Waals surface area contributed by atoms with E-state index in [0.29, 0.717) is 19.3 Å². The van der Waals surface area contributed by atoms with Gasteiger partial charge in [0.15, 0.2) is 0 Å². The number of hydrogen-bond donors (Lipinski definition) is 1. The van der Waals surface area contributed by atoms with Crippen LogP contribution >= 0.6 is 0 Å². The van der Waals surface area contributed by atoms with Gasteiger partial charge in [0.25, 0.3) is 0 Å². The van der Waals surface area contributed by atoms with E-state index in [1.54, 1.807) is 0 Å². The van der Waals surface area contributed by atoms with E-state index in [-0.39, 0.29) is 11.8 Å². The lowest BCUT2D eigenvalue weighted by Gasteiger charge is -2.02. The summed E-state index contributed by atoms with van der Waals surface area (Å²) in [6.45, 7) is 0. The predicted molar refractivity (Wildman–Crippen MR) is 86.7 cm³/mol. The quantitative estimate of drug-likeness (QED) is 0.566. The number of rotatable bonds is 9. The summed E-state index contributed by atoms with van der Waals surface area (Å²) in [6, 6.07) is 8.04. The van der Waals surface area contributed by atoms with Gasteiger partial charge in [-0.1, -0.05) is 31.0 Å². The SMILES string of the molecule is COC(=O)CCCCCCC(=O)Cc1c[nH]c2ccccc12. The highest BCUT2D eigenvalue weighted by Crippen LogP contribution is 2.19. The van der Waals surface area contributed by atoms with Crippen molar-refractivity contribution in [1.82, 2.24) is 4.98 Å². The number of H-pyrrole nitrogens is 1. The number of esters is 1. The summed E-state index contributed by atoms with van der Waals surface area (Å²) < 4.78 is 4.59. The van der Waals surface area contributed by atoms with Gasteiger partial charge in [0.05, 0.1) is 7.11 Å². The maximum Gasteiger partial charge on any atom is 0.305 e. The van der Waals surface area contributed by atoms with Gasteiger partial charge in [-0.3, -0.25) is 9.59 Å². The van der Waals surface area contributed by atoms with E-state index in [2.05, 4.69) is 9.72 Å². The molecule has 0 saturated heterocycles. The molecule has 0 aliphatic rings. The molecule has 1 aromatic heterocycles. The highest BCUT2D eigenvalue weighted by molar-refractivity contribution is 5.89. The van der Waals surface area contributed by atoms with E-state index >= 15 is 0 Å². The Morgan fingerprint density at radius 3 is 2.55 bits per heavy atom. The lowest BCUT2D eigenvalue weighted by atomic mass is 10.0. The lowest BCUT2D eigenvalue weighted by molar-refractivity contribution is -0.140. The summed E-state index contributed by atoms with van der Waals surface area (Å²) in [5.74, 6) is 0.119. The number of Topliss-reactive ketones (excluding diaryl/α,β-unsaturated/α-hetero) is 1. The Morgan fingerprint density at radius 1 is 1.05 bits per heavy atom. The van der Waals surface area contributed by atoms with E-state index in [1.807, 2.05) is 30.5 Å². The van der Waals surface area contributed by atoms with E-state index < -0.39 is 0 Å². The number of carbonyl (C=O) groups excluding carboxylic acids is 2. The molecule has 4 heteroatoms. The van der Waals surface area contributed by atoms with Crippen LogP contribution in [0.5, 0.6) is 0 Å². The van der Waals surface area contributed by atoms with Gasteiger partial charge in [-0.2, -0.15) is 0 Å². The van der Waals surface area contributed by atoms with Crippen molar-refractivity contribution < 1.29 is 14.3 Å². The van der Waals surface area contributed by atoms with Crippen LogP contribution in [0.25, 0.3) is 10.9 Å². The molecule has 0 saturated carbocycles. The van der Waals surface area contributed by atoms with Crippen molar-refractivity contribution in [3.63, 3.8) is 0 Å². The Kier molecular flexibility index (Phi) is 6.19. The van der Waals surface area contributed by atoms with Gasteiger partial charge >= 0.3 is 5.97 Å². The second-order valence-corrected chi connectivity index (χ2v) is 5.57. The average molecular weight is 301 g/mol. The number of ether oxygens (including phenoxy) is 1. The first-order valence-corrected chi connectivity index (χ1v) is 7.84. The molecular formula is C18H23NO3. The molecule has 1 N–H and O–H groups in total. The van der Waals surface area contributed by atoms with Gasteiger partial charge < -0.3 is 9.72 Å². The molecule has 0 fully saturated rings. The minimum absolute atomic E-state index is 0.157. The van der Waals surface area contributed by atoms with E-state index in [4.69, 9.17) is 0 Å². The fourth-order valence-electron chi connectivity index (χ4n) is 2.63. The van der Waals surface area contributed by atoms with Crippen LogP contribution in [0, 0.1) is 0 Å². The van der Waals surface area contributed by atoms with Crippen molar-refractivity contribution in [3.8, 4) is 0 Å². The fraction of sp³-hybridized carbons (Fsp3) is 0.444. The molecule has 0 atom stereocenters. The molecule has 2 rings (SSSR count). The van der Waals surface area contributed by atoms with Crippen molar-refractivity contribution in [2.24, 2.45) is 0 Å². The second-order valence-electron chi connectivity index (χ2n) is 5.57. The zero-order valence-electron chi connectivity index (χ0n) is 13.1. The van der Waals surface area contributed by atoms with Crippen molar-refractivity contribution >= 4 is 22.7 Å². The number of hydrogen-bond acceptors (Lipinski definition) is 3. The number of fused-ring (bicyclic) bond motifs is 1. The first-order chi connectivity index (χ1) is 10.7.